The first-order chi connectivity index (χ1) is 10.7. The highest BCUT2D eigenvalue weighted by atomic mass is 32.2. The van der Waals surface area contributed by atoms with Crippen LogP contribution in [0.3, 0.4) is 0 Å². The second kappa shape index (κ2) is 8.61. The minimum absolute atomic E-state index is 0.0345. The number of benzene rings is 2. The molecule has 1 amide bonds. The number of amides is 1. The van der Waals surface area contributed by atoms with Gasteiger partial charge in [0.15, 0.2) is 0 Å². The third kappa shape index (κ3) is 4.90. The Labute approximate surface area is 135 Å². The van der Waals surface area contributed by atoms with Gasteiger partial charge in [-0.3, -0.25) is 4.79 Å². The summed E-state index contributed by atoms with van der Waals surface area (Å²) >= 11 is 1.75. The van der Waals surface area contributed by atoms with Crippen molar-refractivity contribution in [2.75, 3.05) is 6.61 Å². The van der Waals surface area contributed by atoms with Crippen LogP contribution in [0.5, 0.6) is 0 Å². The molecule has 0 bridgehead atoms. The average Bonchev–Trinajstić information content (AvgIpc) is 2.59. The van der Waals surface area contributed by atoms with E-state index in [2.05, 4.69) is 17.4 Å². The summed E-state index contributed by atoms with van der Waals surface area (Å²) < 4.78 is 0. The van der Waals surface area contributed by atoms with Gasteiger partial charge in [0.25, 0.3) is 5.91 Å². The highest BCUT2D eigenvalue weighted by molar-refractivity contribution is 7.98. The van der Waals surface area contributed by atoms with E-state index in [0.29, 0.717) is 12.0 Å². The lowest BCUT2D eigenvalue weighted by atomic mass is 10.2. The topological polar surface area (TPSA) is 49.3 Å². The summed E-state index contributed by atoms with van der Waals surface area (Å²) in [5.74, 6) is 0.773. The third-order valence-corrected chi connectivity index (χ3v) is 4.50. The predicted octanol–water partition coefficient (Wildman–Crippen LogP) is 3.48. The molecule has 0 saturated carbocycles. The predicted molar refractivity (Wildman–Crippen MR) is 91.1 cm³/mol. The van der Waals surface area contributed by atoms with Crippen LogP contribution < -0.4 is 5.32 Å². The molecule has 0 aliphatic heterocycles. The van der Waals surface area contributed by atoms with Crippen LogP contribution in [0, 0.1) is 0 Å². The molecule has 0 aromatic heterocycles. The highest BCUT2D eigenvalue weighted by Crippen LogP contribution is 2.22. The van der Waals surface area contributed by atoms with Crippen molar-refractivity contribution in [3.8, 4) is 0 Å². The number of nitrogens with one attached hydrogen (secondary N) is 1. The van der Waals surface area contributed by atoms with Crippen molar-refractivity contribution in [2.45, 2.75) is 30.0 Å². The van der Waals surface area contributed by atoms with E-state index in [9.17, 15) is 4.79 Å². The van der Waals surface area contributed by atoms with Crippen LogP contribution >= 0.6 is 11.8 Å². The summed E-state index contributed by atoms with van der Waals surface area (Å²) in [6.07, 6.45) is 0.716. The van der Waals surface area contributed by atoms with Crippen LogP contribution in [0.4, 0.5) is 0 Å². The Kier molecular flexibility index (Phi) is 6.49. The molecule has 4 heteroatoms. The lowest BCUT2D eigenvalue weighted by molar-refractivity contribution is 0.0915. The standard InChI is InChI=1S/C18H21NO2S/c1-2-16(12-20)19-18(21)15-8-10-17(11-9-15)22-13-14-6-4-3-5-7-14/h3-11,16,20H,2,12-13H2,1H3,(H,19,21). The molecule has 2 aromatic carbocycles. The minimum Gasteiger partial charge on any atom is -0.394 e. The molecule has 0 radical (unpaired) electrons. The molecule has 0 heterocycles. The first-order valence-corrected chi connectivity index (χ1v) is 8.40. The van der Waals surface area contributed by atoms with E-state index in [4.69, 9.17) is 5.11 Å². The lowest BCUT2D eigenvalue weighted by Gasteiger charge is -2.14. The monoisotopic (exact) mass is 315 g/mol. The second-order valence-electron chi connectivity index (χ2n) is 5.06. The summed E-state index contributed by atoms with van der Waals surface area (Å²) in [5.41, 5.74) is 1.90. The smallest absolute Gasteiger partial charge is 0.251 e. The number of aliphatic hydroxyl groups is 1. The van der Waals surface area contributed by atoms with Crippen molar-refractivity contribution in [1.29, 1.82) is 0 Å². The van der Waals surface area contributed by atoms with Crippen molar-refractivity contribution in [1.82, 2.24) is 5.32 Å². The van der Waals surface area contributed by atoms with E-state index in [1.54, 1.807) is 11.8 Å². The Morgan fingerprint density at radius 3 is 2.41 bits per heavy atom. The van der Waals surface area contributed by atoms with E-state index >= 15 is 0 Å². The van der Waals surface area contributed by atoms with Gasteiger partial charge in [0.1, 0.15) is 0 Å². The molecule has 0 aliphatic carbocycles. The van der Waals surface area contributed by atoms with Gasteiger partial charge < -0.3 is 10.4 Å². The van der Waals surface area contributed by atoms with E-state index in [0.717, 1.165) is 10.6 Å². The fraction of sp³-hybridized carbons (Fsp3) is 0.278. The number of thioether (sulfide) groups is 1. The van der Waals surface area contributed by atoms with Gasteiger partial charge in [-0.15, -0.1) is 11.8 Å². The van der Waals surface area contributed by atoms with Gasteiger partial charge >= 0.3 is 0 Å². The Balaban J connectivity index is 1.91. The summed E-state index contributed by atoms with van der Waals surface area (Å²) in [4.78, 5) is 13.2. The summed E-state index contributed by atoms with van der Waals surface area (Å²) in [6.45, 7) is 1.90. The molecule has 1 atom stereocenters. The Morgan fingerprint density at radius 2 is 1.82 bits per heavy atom. The molecule has 2 rings (SSSR count). The van der Waals surface area contributed by atoms with Crippen molar-refractivity contribution in [3.63, 3.8) is 0 Å². The Bertz CT molecular complexity index is 580. The third-order valence-electron chi connectivity index (χ3n) is 3.41. The van der Waals surface area contributed by atoms with Crippen LogP contribution in [0.15, 0.2) is 59.5 Å². The second-order valence-corrected chi connectivity index (χ2v) is 6.11. The number of rotatable bonds is 7. The zero-order chi connectivity index (χ0) is 15.8. The number of hydrogen-bond acceptors (Lipinski definition) is 3. The maximum atomic E-state index is 12.0. The van der Waals surface area contributed by atoms with E-state index in [1.807, 2.05) is 49.4 Å². The van der Waals surface area contributed by atoms with Crippen LogP contribution in [0.2, 0.25) is 0 Å². The molecule has 2 N–H and O–H groups in total. The number of carbonyl (C=O) groups is 1. The molecule has 0 spiro atoms. The Morgan fingerprint density at radius 1 is 1.14 bits per heavy atom. The zero-order valence-electron chi connectivity index (χ0n) is 12.7. The quantitative estimate of drug-likeness (QED) is 0.769. The van der Waals surface area contributed by atoms with Gasteiger partial charge in [-0.1, -0.05) is 37.3 Å². The molecule has 2 aromatic rings. The summed E-state index contributed by atoms with van der Waals surface area (Å²) in [5, 5.41) is 11.9. The SMILES string of the molecule is CCC(CO)NC(=O)c1ccc(SCc2ccccc2)cc1. The summed E-state index contributed by atoms with van der Waals surface area (Å²) in [6, 6.07) is 17.7. The van der Waals surface area contributed by atoms with Crippen molar-refractivity contribution in [2.24, 2.45) is 0 Å². The first kappa shape index (κ1) is 16.6. The molecule has 0 aliphatic rings. The molecular formula is C18H21NO2S. The summed E-state index contributed by atoms with van der Waals surface area (Å²) in [7, 11) is 0. The largest absolute Gasteiger partial charge is 0.394 e. The molecule has 116 valence electrons. The minimum atomic E-state index is -0.181. The van der Waals surface area contributed by atoms with Crippen molar-refractivity contribution >= 4 is 17.7 Å². The van der Waals surface area contributed by atoms with E-state index < -0.39 is 0 Å². The molecule has 1 unspecified atom stereocenters. The average molecular weight is 315 g/mol. The van der Waals surface area contributed by atoms with Crippen LogP contribution in [0.25, 0.3) is 0 Å². The van der Waals surface area contributed by atoms with Crippen LogP contribution in [-0.2, 0) is 5.75 Å². The van der Waals surface area contributed by atoms with Crippen LogP contribution in [-0.4, -0.2) is 23.7 Å². The van der Waals surface area contributed by atoms with Gasteiger partial charge in [-0.05, 0) is 36.2 Å². The maximum absolute atomic E-state index is 12.0. The van der Waals surface area contributed by atoms with E-state index in [1.165, 1.54) is 5.56 Å². The molecular weight excluding hydrogens is 294 g/mol. The fourth-order valence-corrected chi connectivity index (χ4v) is 2.84. The molecule has 3 nitrogen and oxygen atoms in total. The van der Waals surface area contributed by atoms with Gasteiger partial charge in [0, 0.05) is 16.2 Å². The Hall–Kier alpha value is -1.78. The van der Waals surface area contributed by atoms with Gasteiger partial charge in [-0.25, -0.2) is 0 Å². The highest BCUT2D eigenvalue weighted by Gasteiger charge is 2.11. The zero-order valence-corrected chi connectivity index (χ0v) is 13.5. The maximum Gasteiger partial charge on any atom is 0.251 e. The fourth-order valence-electron chi connectivity index (χ4n) is 1.99. The molecule has 22 heavy (non-hydrogen) atoms. The van der Waals surface area contributed by atoms with Crippen molar-refractivity contribution in [3.05, 3.63) is 65.7 Å². The van der Waals surface area contributed by atoms with Gasteiger partial charge in [0.2, 0.25) is 0 Å². The lowest BCUT2D eigenvalue weighted by Crippen LogP contribution is -2.36. The molecule has 0 fully saturated rings. The number of carbonyl (C=O) groups excluding carboxylic acids is 1. The molecule has 0 saturated heterocycles. The van der Waals surface area contributed by atoms with Crippen LogP contribution in [0.1, 0.15) is 29.3 Å². The number of aliphatic hydroxyl groups excluding tert-OH is 1. The van der Waals surface area contributed by atoms with Gasteiger partial charge in [-0.2, -0.15) is 0 Å². The van der Waals surface area contributed by atoms with Gasteiger partial charge in [0.05, 0.1) is 12.6 Å². The first-order valence-electron chi connectivity index (χ1n) is 7.41. The number of hydrogen-bond donors (Lipinski definition) is 2. The van der Waals surface area contributed by atoms with Crippen molar-refractivity contribution < 1.29 is 9.90 Å². The normalized spacial score (nSPS) is 11.9. The van der Waals surface area contributed by atoms with E-state index in [-0.39, 0.29) is 18.6 Å².